The second-order valence-electron chi connectivity index (χ2n) is 9.38. The molecule has 0 spiro atoms. The van der Waals surface area contributed by atoms with E-state index in [4.69, 9.17) is 4.74 Å². The number of likely N-dealkylation sites (tertiary alicyclic amines) is 1. The van der Waals surface area contributed by atoms with E-state index in [2.05, 4.69) is 28.1 Å². The van der Waals surface area contributed by atoms with Crippen molar-refractivity contribution < 1.29 is 23.9 Å². The Bertz CT molecular complexity index is 951. The minimum atomic E-state index is -0.406. The van der Waals surface area contributed by atoms with Crippen LogP contribution in [0.1, 0.15) is 42.5 Å². The van der Waals surface area contributed by atoms with Gasteiger partial charge in [-0.25, -0.2) is 0 Å². The lowest BCUT2D eigenvalue weighted by atomic mass is 9.63. The number of unbranched alkanes of at least 4 members (excludes halogenated alkanes) is 2. The third-order valence-electron chi connectivity index (χ3n) is 7.55. The lowest BCUT2D eigenvalue weighted by molar-refractivity contribution is -0.143. The molecule has 7 heteroatoms. The number of amides is 2. The minimum absolute atomic E-state index is 0.00978. The molecular formula is C25H26BrNO5. The maximum absolute atomic E-state index is 12.9. The predicted molar refractivity (Wildman–Crippen MR) is 119 cm³/mol. The second kappa shape index (κ2) is 8.58. The quantitative estimate of drug-likeness (QED) is 0.170. The molecule has 6 nitrogen and oxygen atoms in total. The van der Waals surface area contributed by atoms with Crippen molar-refractivity contribution in [2.75, 3.05) is 13.2 Å². The van der Waals surface area contributed by atoms with Gasteiger partial charge < -0.3 is 4.74 Å². The number of allylic oxidation sites excluding steroid dienone is 2. The minimum Gasteiger partial charge on any atom is -0.457 e. The second-order valence-corrected chi connectivity index (χ2v) is 10.3. The van der Waals surface area contributed by atoms with E-state index in [9.17, 15) is 19.2 Å². The Kier molecular flexibility index (Phi) is 5.78. The first-order valence-electron chi connectivity index (χ1n) is 11.4. The number of ether oxygens (including phenoxy) is 1. The summed E-state index contributed by atoms with van der Waals surface area (Å²) in [5.41, 5.74) is 0.502. The van der Waals surface area contributed by atoms with Crippen LogP contribution in [-0.2, 0) is 19.1 Å². The van der Waals surface area contributed by atoms with Gasteiger partial charge in [0.05, 0.1) is 11.8 Å². The molecule has 2 bridgehead atoms. The Morgan fingerprint density at radius 2 is 1.56 bits per heavy atom. The van der Waals surface area contributed by atoms with Gasteiger partial charge in [-0.1, -0.05) is 46.6 Å². The molecule has 0 N–H and O–H groups in total. The zero-order valence-electron chi connectivity index (χ0n) is 17.7. The van der Waals surface area contributed by atoms with Crippen LogP contribution in [0, 0.1) is 35.5 Å². The van der Waals surface area contributed by atoms with Gasteiger partial charge in [-0.05, 0) is 55.1 Å². The Labute approximate surface area is 195 Å². The van der Waals surface area contributed by atoms with Gasteiger partial charge in [0.2, 0.25) is 11.8 Å². The normalized spacial score (nSPS) is 31.5. The van der Waals surface area contributed by atoms with Gasteiger partial charge in [0.15, 0.2) is 12.4 Å². The molecule has 1 aromatic carbocycles. The fourth-order valence-corrected chi connectivity index (χ4v) is 6.16. The summed E-state index contributed by atoms with van der Waals surface area (Å²) < 4.78 is 5.96. The average Bonchev–Trinajstić information content (AvgIpc) is 3.57. The molecule has 0 radical (unpaired) electrons. The van der Waals surface area contributed by atoms with Crippen LogP contribution < -0.4 is 0 Å². The molecule has 5 aliphatic rings. The number of benzene rings is 1. The molecule has 2 saturated carbocycles. The summed E-state index contributed by atoms with van der Waals surface area (Å²) in [5.74, 6) is 0.841. The monoisotopic (exact) mass is 499 g/mol. The number of ketones is 1. The zero-order chi connectivity index (χ0) is 22.4. The van der Waals surface area contributed by atoms with E-state index in [1.54, 1.807) is 24.3 Å². The van der Waals surface area contributed by atoms with E-state index in [0.29, 0.717) is 36.8 Å². The van der Waals surface area contributed by atoms with E-state index >= 15 is 0 Å². The van der Waals surface area contributed by atoms with Crippen molar-refractivity contribution in [2.24, 2.45) is 35.5 Å². The van der Waals surface area contributed by atoms with E-state index in [-0.39, 0.29) is 54.3 Å². The SMILES string of the molecule is O=C(CCCCCN1C(=O)[C@@H]2[C@H]3C=C[C@@H]([C@@H]4C[C@H]34)[C@H]2C1=O)OCC(=O)c1ccc(Br)cc1. The first-order chi connectivity index (χ1) is 15.5. The molecule has 1 saturated heterocycles. The van der Waals surface area contributed by atoms with E-state index in [1.165, 1.54) is 11.3 Å². The third kappa shape index (κ3) is 3.85. The Balaban J connectivity index is 1.02. The smallest absolute Gasteiger partial charge is 0.306 e. The Hall–Kier alpha value is -2.28. The first-order valence-corrected chi connectivity index (χ1v) is 12.2. The fourth-order valence-electron chi connectivity index (χ4n) is 5.89. The van der Waals surface area contributed by atoms with E-state index < -0.39 is 5.97 Å². The van der Waals surface area contributed by atoms with Crippen LogP contribution in [-0.4, -0.2) is 41.6 Å². The van der Waals surface area contributed by atoms with Crippen LogP contribution in [0.15, 0.2) is 40.9 Å². The first kappa shape index (κ1) is 21.6. The number of hydrogen-bond acceptors (Lipinski definition) is 5. The number of halogens is 1. The highest BCUT2D eigenvalue weighted by Crippen LogP contribution is 2.65. The number of esters is 1. The predicted octanol–water partition coefficient (Wildman–Crippen LogP) is 3.79. The molecule has 1 aliphatic heterocycles. The highest BCUT2D eigenvalue weighted by molar-refractivity contribution is 9.10. The van der Waals surface area contributed by atoms with Crippen LogP contribution in [0.5, 0.6) is 0 Å². The zero-order valence-corrected chi connectivity index (χ0v) is 19.3. The standard InChI is InChI=1S/C25H26BrNO5/c26-15-7-5-14(6-8-15)20(28)13-32-21(29)4-2-1-3-11-27-24(30)22-16-9-10-17(19-12-18(16)19)23(22)25(27)31/h5-10,16-19,22-23H,1-4,11-13H2/t16-,17-,18-,19+,22+,23+/m0/s1. The average molecular weight is 500 g/mol. The maximum atomic E-state index is 12.9. The van der Waals surface area contributed by atoms with Gasteiger partial charge in [-0.15, -0.1) is 0 Å². The number of Topliss-reactive ketones (excluding diaryl/α,β-unsaturated/α-hetero) is 1. The molecule has 32 heavy (non-hydrogen) atoms. The van der Waals surface area contributed by atoms with Crippen LogP contribution >= 0.6 is 15.9 Å². The number of carbonyl (C=O) groups is 4. The van der Waals surface area contributed by atoms with Crippen LogP contribution in [0.4, 0.5) is 0 Å². The van der Waals surface area contributed by atoms with Gasteiger partial charge in [0.25, 0.3) is 0 Å². The van der Waals surface area contributed by atoms with Gasteiger partial charge in [-0.2, -0.15) is 0 Å². The molecule has 3 fully saturated rings. The molecule has 0 unspecified atom stereocenters. The molecule has 1 aromatic rings. The number of imide groups is 1. The third-order valence-corrected chi connectivity index (χ3v) is 8.08. The molecule has 1 heterocycles. The largest absolute Gasteiger partial charge is 0.457 e. The van der Waals surface area contributed by atoms with Crippen LogP contribution in [0.2, 0.25) is 0 Å². The van der Waals surface area contributed by atoms with Crippen molar-refractivity contribution in [2.45, 2.75) is 32.1 Å². The van der Waals surface area contributed by atoms with E-state index in [1.807, 2.05) is 0 Å². The topological polar surface area (TPSA) is 80.8 Å². The van der Waals surface area contributed by atoms with Crippen molar-refractivity contribution >= 4 is 39.5 Å². The highest BCUT2D eigenvalue weighted by atomic mass is 79.9. The lowest BCUT2D eigenvalue weighted by Crippen LogP contribution is -2.40. The number of hydrogen-bond donors (Lipinski definition) is 0. The number of rotatable bonds is 9. The summed E-state index contributed by atoms with van der Waals surface area (Å²) in [7, 11) is 0. The van der Waals surface area contributed by atoms with Crippen LogP contribution in [0.25, 0.3) is 0 Å². The van der Waals surface area contributed by atoms with Crippen molar-refractivity contribution in [1.29, 1.82) is 0 Å². The molecule has 168 valence electrons. The Morgan fingerprint density at radius 3 is 2.19 bits per heavy atom. The molecule has 0 aromatic heterocycles. The molecule has 6 atom stereocenters. The van der Waals surface area contributed by atoms with Crippen molar-refractivity contribution in [3.63, 3.8) is 0 Å². The van der Waals surface area contributed by atoms with Gasteiger partial charge in [0, 0.05) is 23.0 Å². The summed E-state index contributed by atoms with van der Waals surface area (Å²) in [6.07, 6.45) is 7.75. The maximum Gasteiger partial charge on any atom is 0.306 e. The van der Waals surface area contributed by atoms with Gasteiger partial charge in [-0.3, -0.25) is 24.1 Å². The van der Waals surface area contributed by atoms with Gasteiger partial charge in [0.1, 0.15) is 0 Å². The van der Waals surface area contributed by atoms with Gasteiger partial charge >= 0.3 is 5.97 Å². The van der Waals surface area contributed by atoms with Crippen LogP contribution in [0.3, 0.4) is 0 Å². The summed E-state index contributed by atoms with van der Waals surface area (Å²) in [6.45, 7) is 0.162. The molecular weight excluding hydrogens is 474 g/mol. The summed E-state index contributed by atoms with van der Waals surface area (Å²) in [4.78, 5) is 51.3. The summed E-state index contributed by atoms with van der Waals surface area (Å²) in [6, 6.07) is 6.90. The van der Waals surface area contributed by atoms with Crippen molar-refractivity contribution in [3.05, 3.63) is 46.5 Å². The highest BCUT2D eigenvalue weighted by Gasteiger charge is 2.66. The molecule has 2 amide bonds. The fraction of sp³-hybridized carbons (Fsp3) is 0.520. The summed E-state index contributed by atoms with van der Waals surface area (Å²) in [5, 5.41) is 0. The number of nitrogens with zero attached hydrogens (tertiary/aromatic N) is 1. The van der Waals surface area contributed by atoms with E-state index in [0.717, 1.165) is 10.9 Å². The summed E-state index contributed by atoms with van der Waals surface area (Å²) >= 11 is 3.31. The Morgan fingerprint density at radius 1 is 0.938 bits per heavy atom. The van der Waals surface area contributed by atoms with Crippen molar-refractivity contribution in [1.82, 2.24) is 4.90 Å². The van der Waals surface area contributed by atoms with Crippen molar-refractivity contribution in [3.8, 4) is 0 Å². The molecule has 4 aliphatic carbocycles. The lowest BCUT2D eigenvalue weighted by Gasteiger charge is -2.37. The molecule has 6 rings (SSSR count). The number of carbonyl (C=O) groups excluding carboxylic acids is 4.